The van der Waals surface area contributed by atoms with Crippen LogP contribution in [0.25, 0.3) is 82.9 Å². The molecule has 0 atom stereocenters. The summed E-state index contributed by atoms with van der Waals surface area (Å²) in [7, 11) is 0. The predicted molar refractivity (Wildman–Crippen MR) is 255 cm³/mol. The molecule has 0 radical (unpaired) electrons. The van der Waals surface area contributed by atoms with Crippen molar-refractivity contribution in [1.29, 1.82) is 0 Å². The normalized spacial score (nSPS) is 13.2. The Labute approximate surface area is 354 Å². The molecule has 1 aliphatic heterocycles. The Morgan fingerprint density at radius 1 is 0.443 bits per heavy atom. The summed E-state index contributed by atoms with van der Waals surface area (Å²) < 4.78 is 2.46. The maximum Gasteiger partial charge on any atom is 0.160 e. The molecule has 0 bridgehead atoms. The Balaban J connectivity index is 1.07. The largest absolute Gasteiger partial charge is 0.310 e. The van der Waals surface area contributed by atoms with Crippen molar-refractivity contribution < 1.29 is 0 Å². The molecule has 0 saturated carbocycles. The first-order valence-corrected chi connectivity index (χ1v) is 21.0. The summed E-state index contributed by atoms with van der Waals surface area (Å²) in [5.74, 6) is 0.708. The first-order valence-electron chi connectivity index (χ1n) is 21.0. The number of hydrogen-bond acceptors (Lipinski definition) is 3. The van der Waals surface area contributed by atoms with Crippen LogP contribution in [0, 0.1) is 0 Å². The predicted octanol–water partition coefficient (Wildman–Crippen LogP) is 15.0. The lowest BCUT2D eigenvalue weighted by Crippen LogP contribution is -2.30. The van der Waals surface area contributed by atoms with Gasteiger partial charge in [0.15, 0.2) is 5.82 Å². The molecule has 3 heterocycles. The van der Waals surface area contributed by atoms with Gasteiger partial charge in [-0.3, -0.25) is 0 Å². The monoisotopic (exact) mass is 780 g/mol. The van der Waals surface area contributed by atoms with Gasteiger partial charge in [-0.2, -0.15) is 0 Å². The van der Waals surface area contributed by atoms with Gasteiger partial charge in [-0.05, 0) is 88.1 Å². The van der Waals surface area contributed by atoms with Gasteiger partial charge in [0.2, 0.25) is 0 Å². The number of hydrogen-bond donors (Lipinski definition) is 0. The van der Waals surface area contributed by atoms with Crippen LogP contribution >= 0.6 is 0 Å². The van der Waals surface area contributed by atoms with Crippen LogP contribution in [0.5, 0.6) is 0 Å². The number of aromatic nitrogens is 3. The second-order valence-corrected chi connectivity index (χ2v) is 16.6. The molecule has 11 aromatic rings. The van der Waals surface area contributed by atoms with Gasteiger partial charge in [0, 0.05) is 49.6 Å². The van der Waals surface area contributed by atoms with E-state index in [0.29, 0.717) is 5.82 Å². The molecule has 61 heavy (non-hydrogen) atoms. The van der Waals surface area contributed by atoms with Crippen LogP contribution in [0.15, 0.2) is 206 Å². The van der Waals surface area contributed by atoms with E-state index in [-0.39, 0.29) is 5.41 Å². The minimum atomic E-state index is -0.187. The van der Waals surface area contributed by atoms with Crippen LogP contribution in [0.1, 0.15) is 25.0 Å². The van der Waals surface area contributed by atoms with Crippen molar-refractivity contribution in [1.82, 2.24) is 14.5 Å². The van der Waals surface area contributed by atoms with Crippen molar-refractivity contribution in [2.24, 2.45) is 0 Å². The average Bonchev–Trinajstić information content (AvgIpc) is 3.67. The zero-order chi connectivity index (χ0) is 40.7. The molecule has 9 aromatic carbocycles. The summed E-state index contributed by atoms with van der Waals surface area (Å²) in [6.45, 7) is 4.71. The number of fused-ring (bicyclic) bond motifs is 8. The molecule has 12 rings (SSSR count). The summed E-state index contributed by atoms with van der Waals surface area (Å²) >= 11 is 0. The number of nitrogens with zero attached hydrogens (tertiary/aromatic N) is 4. The Morgan fingerprint density at radius 2 is 1.11 bits per heavy atom. The van der Waals surface area contributed by atoms with Gasteiger partial charge in [-0.1, -0.05) is 159 Å². The summed E-state index contributed by atoms with van der Waals surface area (Å²) in [6.07, 6.45) is 0. The number of anilines is 3. The van der Waals surface area contributed by atoms with E-state index in [9.17, 15) is 0 Å². The molecule has 1 aliphatic rings. The van der Waals surface area contributed by atoms with Gasteiger partial charge in [0.25, 0.3) is 0 Å². The third-order valence-corrected chi connectivity index (χ3v) is 12.8. The Hall–Kier alpha value is -7.82. The van der Waals surface area contributed by atoms with Gasteiger partial charge >= 0.3 is 0 Å². The Kier molecular flexibility index (Phi) is 7.85. The highest BCUT2D eigenvalue weighted by Gasteiger charge is 2.37. The third-order valence-electron chi connectivity index (χ3n) is 12.8. The van der Waals surface area contributed by atoms with Crippen LogP contribution < -0.4 is 4.90 Å². The van der Waals surface area contributed by atoms with E-state index < -0.39 is 0 Å². The molecule has 4 heteroatoms. The maximum atomic E-state index is 5.19. The molecule has 4 nitrogen and oxygen atoms in total. The van der Waals surface area contributed by atoms with Crippen LogP contribution in [0.2, 0.25) is 0 Å². The molecule has 0 fully saturated rings. The fraction of sp³-hybridized carbons (Fsp3) is 0.0526. The Morgan fingerprint density at radius 3 is 1.95 bits per heavy atom. The average molecular weight is 781 g/mol. The highest BCUT2D eigenvalue weighted by molar-refractivity contribution is 6.23. The van der Waals surface area contributed by atoms with Crippen molar-refractivity contribution in [3.63, 3.8) is 0 Å². The quantitative estimate of drug-likeness (QED) is 0.174. The zero-order valence-corrected chi connectivity index (χ0v) is 33.9. The van der Waals surface area contributed by atoms with Crippen molar-refractivity contribution in [2.75, 3.05) is 4.90 Å². The second-order valence-electron chi connectivity index (χ2n) is 16.6. The molecule has 0 N–H and O–H groups in total. The summed E-state index contributed by atoms with van der Waals surface area (Å²) in [5, 5.41) is 5.99. The van der Waals surface area contributed by atoms with Crippen molar-refractivity contribution in [3.05, 3.63) is 217 Å². The van der Waals surface area contributed by atoms with Crippen molar-refractivity contribution in [3.8, 4) is 39.5 Å². The zero-order valence-electron chi connectivity index (χ0n) is 33.9. The van der Waals surface area contributed by atoms with E-state index in [1.165, 1.54) is 66.2 Å². The molecular weight excluding hydrogens is 741 g/mol. The smallest absolute Gasteiger partial charge is 0.160 e. The summed E-state index contributed by atoms with van der Waals surface area (Å²) in [4.78, 5) is 12.7. The van der Waals surface area contributed by atoms with E-state index in [4.69, 9.17) is 9.97 Å². The minimum Gasteiger partial charge on any atom is -0.310 e. The fourth-order valence-corrected chi connectivity index (χ4v) is 9.86. The third kappa shape index (κ3) is 5.46. The molecule has 2 aromatic heterocycles. The van der Waals surface area contributed by atoms with E-state index in [1.807, 2.05) is 12.1 Å². The first kappa shape index (κ1) is 35.2. The Bertz CT molecular complexity index is 3490. The standard InChI is InChI=1S/C57H40N4/c1-57(2)47-25-12-14-27-50(47)60(41-19-7-4-8-20-41)52-36-40(30-34-48(52)57)44-23-15-24-46-53-43-21-10-9-16-37(43)31-35-51(53)61(55(44)46)42-32-28-39(29-33-42)56-58-49-26-13-11-22-45(49)54(59-56)38-17-5-3-6-18-38/h3-36H,1-2H3. The van der Waals surface area contributed by atoms with Gasteiger partial charge in [0.05, 0.1) is 33.6 Å². The molecule has 0 unspecified atom stereocenters. The van der Waals surface area contributed by atoms with E-state index in [0.717, 1.165) is 39.1 Å². The number of benzene rings is 9. The fourth-order valence-electron chi connectivity index (χ4n) is 9.86. The highest BCUT2D eigenvalue weighted by atomic mass is 15.2. The molecular formula is C57H40N4. The first-order chi connectivity index (χ1) is 30.0. The van der Waals surface area contributed by atoms with E-state index >= 15 is 0 Å². The van der Waals surface area contributed by atoms with Crippen molar-refractivity contribution in [2.45, 2.75) is 19.3 Å². The molecule has 0 saturated heterocycles. The lowest BCUT2D eigenvalue weighted by atomic mass is 9.73. The van der Waals surface area contributed by atoms with Crippen LogP contribution in [-0.4, -0.2) is 14.5 Å². The lowest BCUT2D eigenvalue weighted by Gasteiger charge is -2.42. The second kappa shape index (κ2) is 13.6. The maximum absolute atomic E-state index is 5.19. The van der Waals surface area contributed by atoms with Gasteiger partial charge in [-0.15, -0.1) is 0 Å². The topological polar surface area (TPSA) is 34.0 Å². The van der Waals surface area contributed by atoms with Crippen LogP contribution in [-0.2, 0) is 5.41 Å². The van der Waals surface area contributed by atoms with Gasteiger partial charge in [0.1, 0.15) is 0 Å². The molecule has 288 valence electrons. The highest BCUT2D eigenvalue weighted by Crippen LogP contribution is 2.53. The molecule has 0 amide bonds. The lowest BCUT2D eigenvalue weighted by molar-refractivity contribution is 0.632. The SMILES string of the molecule is CC1(C)c2ccccc2N(c2ccccc2)c2cc(-c3cccc4c5c6ccccc6ccc5n(-c5ccc(-c6nc(-c7ccccc7)c7ccccc7n6)cc5)c34)ccc21. The summed E-state index contributed by atoms with van der Waals surface area (Å²) in [5.41, 5.74) is 15.7. The van der Waals surface area contributed by atoms with Gasteiger partial charge < -0.3 is 9.47 Å². The van der Waals surface area contributed by atoms with E-state index in [1.54, 1.807) is 0 Å². The molecule has 0 aliphatic carbocycles. The molecule has 0 spiro atoms. The van der Waals surface area contributed by atoms with Crippen LogP contribution in [0.3, 0.4) is 0 Å². The summed E-state index contributed by atoms with van der Waals surface area (Å²) in [6, 6.07) is 74.3. The number of para-hydroxylation sites is 4. The van der Waals surface area contributed by atoms with Crippen LogP contribution in [0.4, 0.5) is 17.1 Å². The van der Waals surface area contributed by atoms with Crippen molar-refractivity contribution >= 4 is 60.5 Å². The van der Waals surface area contributed by atoms with Gasteiger partial charge in [-0.25, -0.2) is 9.97 Å². The van der Waals surface area contributed by atoms with E-state index in [2.05, 4.69) is 217 Å². The minimum absolute atomic E-state index is 0.187. The number of rotatable bonds is 5.